The Labute approximate surface area is 150 Å². The smallest absolute Gasteiger partial charge is 0.339 e. The van der Waals surface area contributed by atoms with Gasteiger partial charge in [0.15, 0.2) is 0 Å². The first kappa shape index (κ1) is 18.5. The number of esters is 1. The molecule has 0 radical (unpaired) electrons. The lowest BCUT2D eigenvalue weighted by Crippen LogP contribution is -2.15. The molecule has 2 N–H and O–H groups in total. The number of benzene rings is 2. The Morgan fingerprint density at radius 3 is 2.35 bits per heavy atom. The second-order valence-electron chi connectivity index (χ2n) is 5.01. The molecule has 0 aliphatic rings. The summed E-state index contributed by atoms with van der Waals surface area (Å²) in [6.07, 6.45) is 1.23. The minimum atomic E-state index is -0.611. The lowest BCUT2D eigenvalue weighted by atomic mass is 10.2. The van der Waals surface area contributed by atoms with Gasteiger partial charge in [0, 0.05) is 6.20 Å². The summed E-state index contributed by atoms with van der Waals surface area (Å²) < 4.78 is 9.86. The normalized spacial score (nSPS) is 10.4. The van der Waals surface area contributed by atoms with Gasteiger partial charge < -0.3 is 20.1 Å². The highest BCUT2D eigenvalue weighted by atomic mass is 16.5. The van der Waals surface area contributed by atoms with Crippen LogP contribution in [0.4, 0.5) is 11.4 Å². The number of nitrogens with zero attached hydrogens (tertiary/aromatic N) is 1. The van der Waals surface area contributed by atoms with Crippen molar-refractivity contribution in [3.05, 3.63) is 65.9 Å². The number of methoxy groups -OCH3 is 2. The predicted molar refractivity (Wildman–Crippen MR) is 96.7 cm³/mol. The number of carbonyl (C=O) groups excluding carboxylic acids is 2. The zero-order valence-corrected chi connectivity index (χ0v) is 14.3. The Kier molecular flexibility index (Phi) is 6.34. The van der Waals surface area contributed by atoms with E-state index in [1.807, 2.05) is 6.07 Å². The molecular weight excluding hydrogens is 334 g/mol. The third-order valence-corrected chi connectivity index (χ3v) is 3.42. The minimum Gasteiger partial charge on any atom is -0.495 e. The van der Waals surface area contributed by atoms with E-state index in [2.05, 4.69) is 10.6 Å². The van der Waals surface area contributed by atoms with Gasteiger partial charge in [-0.2, -0.15) is 5.26 Å². The third-order valence-electron chi connectivity index (χ3n) is 3.42. The molecule has 2 rings (SSSR count). The molecule has 0 saturated carbocycles. The fraction of sp³-hybridized carbons (Fsp3) is 0.105. The van der Waals surface area contributed by atoms with Gasteiger partial charge in [0.2, 0.25) is 0 Å². The topological polar surface area (TPSA) is 100 Å². The van der Waals surface area contributed by atoms with Crippen LogP contribution in [0.3, 0.4) is 0 Å². The molecule has 0 heterocycles. The van der Waals surface area contributed by atoms with Gasteiger partial charge >= 0.3 is 5.97 Å². The zero-order chi connectivity index (χ0) is 18.9. The molecule has 0 unspecified atom stereocenters. The fourth-order valence-corrected chi connectivity index (χ4v) is 2.13. The third kappa shape index (κ3) is 4.39. The van der Waals surface area contributed by atoms with Gasteiger partial charge in [-0.05, 0) is 24.3 Å². The van der Waals surface area contributed by atoms with Crippen LogP contribution in [0.15, 0.2) is 60.3 Å². The van der Waals surface area contributed by atoms with Crippen molar-refractivity contribution in [1.29, 1.82) is 5.26 Å². The summed E-state index contributed by atoms with van der Waals surface area (Å²) in [6.45, 7) is 0. The average molecular weight is 351 g/mol. The first-order valence-electron chi connectivity index (χ1n) is 7.59. The van der Waals surface area contributed by atoms with Gasteiger partial charge in [-0.15, -0.1) is 0 Å². The van der Waals surface area contributed by atoms with E-state index in [-0.39, 0.29) is 11.1 Å². The Morgan fingerprint density at radius 2 is 1.69 bits per heavy atom. The van der Waals surface area contributed by atoms with Crippen molar-refractivity contribution in [1.82, 2.24) is 0 Å². The summed E-state index contributed by atoms with van der Waals surface area (Å²) in [4.78, 5) is 24.1. The molecule has 0 aliphatic carbocycles. The van der Waals surface area contributed by atoms with E-state index in [0.717, 1.165) is 0 Å². The summed E-state index contributed by atoms with van der Waals surface area (Å²) in [5.41, 5.74) is 0.970. The lowest BCUT2D eigenvalue weighted by molar-refractivity contribution is -0.112. The van der Waals surface area contributed by atoms with Crippen LogP contribution in [0.25, 0.3) is 0 Å². The second kappa shape index (κ2) is 8.89. The maximum Gasteiger partial charge on any atom is 0.339 e. The van der Waals surface area contributed by atoms with Crippen LogP contribution in [0, 0.1) is 11.3 Å². The number of carbonyl (C=O) groups is 2. The van der Waals surface area contributed by atoms with E-state index < -0.39 is 11.9 Å². The quantitative estimate of drug-likeness (QED) is 0.471. The number of amides is 1. The molecule has 0 fully saturated rings. The van der Waals surface area contributed by atoms with E-state index in [0.29, 0.717) is 17.1 Å². The maximum atomic E-state index is 12.3. The summed E-state index contributed by atoms with van der Waals surface area (Å²) in [5.74, 6) is -0.666. The van der Waals surface area contributed by atoms with Gasteiger partial charge in [-0.3, -0.25) is 4.79 Å². The standard InChI is InChI=1S/C19H17N3O4/c1-25-17-10-6-5-9-16(17)22-18(23)13(11-20)12-21-15-8-4-3-7-14(15)19(24)26-2/h3-10,12,21H,1-2H3,(H,22,23)/b13-12-. The number of ether oxygens (including phenoxy) is 2. The van der Waals surface area contributed by atoms with Crippen LogP contribution in [0.5, 0.6) is 5.75 Å². The number of anilines is 2. The summed E-state index contributed by atoms with van der Waals surface area (Å²) in [6, 6.07) is 15.3. The Hall–Kier alpha value is -3.79. The number of hydrogen-bond acceptors (Lipinski definition) is 6. The highest BCUT2D eigenvalue weighted by molar-refractivity contribution is 6.07. The number of nitrogens with one attached hydrogen (secondary N) is 2. The summed E-state index contributed by atoms with van der Waals surface area (Å²) >= 11 is 0. The monoisotopic (exact) mass is 351 g/mol. The Bertz CT molecular complexity index is 884. The molecule has 0 spiro atoms. The number of hydrogen-bond donors (Lipinski definition) is 2. The Morgan fingerprint density at radius 1 is 1.04 bits per heavy atom. The second-order valence-corrected chi connectivity index (χ2v) is 5.01. The molecule has 0 atom stereocenters. The van der Waals surface area contributed by atoms with Crippen molar-refractivity contribution in [3.8, 4) is 11.8 Å². The van der Waals surface area contributed by atoms with Crippen molar-refractivity contribution in [2.24, 2.45) is 0 Å². The van der Waals surface area contributed by atoms with Crippen molar-refractivity contribution in [2.45, 2.75) is 0 Å². The molecule has 26 heavy (non-hydrogen) atoms. The van der Waals surface area contributed by atoms with Crippen LogP contribution in [-0.4, -0.2) is 26.1 Å². The molecule has 2 aromatic rings. The van der Waals surface area contributed by atoms with Crippen molar-refractivity contribution in [2.75, 3.05) is 24.9 Å². The van der Waals surface area contributed by atoms with E-state index in [1.54, 1.807) is 48.5 Å². The summed E-state index contributed by atoms with van der Waals surface area (Å²) in [7, 11) is 2.76. The van der Waals surface area contributed by atoms with E-state index >= 15 is 0 Å². The fourth-order valence-electron chi connectivity index (χ4n) is 2.13. The minimum absolute atomic E-state index is 0.171. The Balaban J connectivity index is 2.20. The largest absolute Gasteiger partial charge is 0.495 e. The molecule has 0 saturated heterocycles. The van der Waals surface area contributed by atoms with Crippen LogP contribution in [0.2, 0.25) is 0 Å². The van der Waals surface area contributed by atoms with E-state index in [4.69, 9.17) is 9.47 Å². The van der Waals surface area contributed by atoms with Gasteiger partial charge in [0.25, 0.3) is 5.91 Å². The van der Waals surface area contributed by atoms with Crippen LogP contribution in [0.1, 0.15) is 10.4 Å². The molecule has 0 bridgehead atoms. The zero-order valence-electron chi connectivity index (χ0n) is 14.3. The SMILES string of the molecule is COC(=O)c1ccccc1N/C=C(/C#N)C(=O)Nc1ccccc1OC. The molecule has 7 heteroatoms. The van der Waals surface area contributed by atoms with Crippen LogP contribution < -0.4 is 15.4 Å². The maximum absolute atomic E-state index is 12.3. The highest BCUT2D eigenvalue weighted by Crippen LogP contribution is 2.23. The van der Waals surface area contributed by atoms with Gasteiger partial charge in [-0.25, -0.2) is 4.79 Å². The highest BCUT2D eigenvalue weighted by Gasteiger charge is 2.14. The number of nitriles is 1. The molecule has 0 aromatic heterocycles. The van der Waals surface area contributed by atoms with E-state index in [9.17, 15) is 14.9 Å². The number of rotatable bonds is 6. The predicted octanol–water partition coefficient (Wildman–Crippen LogP) is 2.94. The molecule has 2 aromatic carbocycles. The molecule has 1 amide bonds. The van der Waals surface area contributed by atoms with Crippen LogP contribution in [-0.2, 0) is 9.53 Å². The summed E-state index contributed by atoms with van der Waals surface area (Å²) in [5, 5.41) is 14.7. The van der Waals surface area contributed by atoms with Gasteiger partial charge in [0.1, 0.15) is 17.4 Å². The van der Waals surface area contributed by atoms with Gasteiger partial charge in [-0.1, -0.05) is 24.3 Å². The lowest BCUT2D eigenvalue weighted by Gasteiger charge is -2.10. The first-order valence-corrected chi connectivity index (χ1v) is 7.59. The number of para-hydroxylation sites is 3. The first-order chi connectivity index (χ1) is 12.6. The average Bonchev–Trinajstić information content (AvgIpc) is 2.68. The van der Waals surface area contributed by atoms with Crippen molar-refractivity contribution in [3.63, 3.8) is 0 Å². The van der Waals surface area contributed by atoms with E-state index in [1.165, 1.54) is 20.4 Å². The van der Waals surface area contributed by atoms with Crippen LogP contribution >= 0.6 is 0 Å². The van der Waals surface area contributed by atoms with Gasteiger partial charge in [0.05, 0.1) is 31.2 Å². The molecule has 0 aliphatic heterocycles. The molecule has 132 valence electrons. The van der Waals surface area contributed by atoms with Crippen molar-refractivity contribution < 1.29 is 19.1 Å². The van der Waals surface area contributed by atoms with Crippen molar-refractivity contribution >= 4 is 23.3 Å². The molecular formula is C19H17N3O4. The molecule has 7 nitrogen and oxygen atoms in total.